The molecule has 0 spiro atoms. The van der Waals surface area contributed by atoms with Gasteiger partial charge < -0.3 is 15.8 Å². The molecule has 2 aromatic carbocycles. The summed E-state index contributed by atoms with van der Waals surface area (Å²) >= 11 is 0. The zero-order chi connectivity index (χ0) is 14.4. The number of carbonyl (C=O) groups is 1. The second-order valence-corrected chi connectivity index (χ2v) is 4.52. The molecule has 0 radical (unpaired) electrons. The van der Waals surface area contributed by atoms with E-state index in [0.29, 0.717) is 6.61 Å². The van der Waals surface area contributed by atoms with Gasteiger partial charge in [-0.25, -0.2) is 0 Å². The number of nitrogens with one attached hydrogen (secondary N) is 1. The highest BCUT2D eigenvalue weighted by Gasteiger charge is 2.17. The topological polar surface area (TPSA) is 64.3 Å². The number of methoxy groups -OCH3 is 1. The smallest absolute Gasteiger partial charge is 0.244 e. The molecule has 0 aliphatic heterocycles. The van der Waals surface area contributed by atoms with Gasteiger partial charge in [-0.2, -0.15) is 0 Å². The molecule has 0 heterocycles. The number of hydrogen-bond acceptors (Lipinski definition) is 3. The Labute approximate surface area is 118 Å². The quantitative estimate of drug-likeness (QED) is 0.847. The highest BCUT2D eigenvalue weighted by molar-refractivity contribution is 5.84. The van der Waals surface area contributed by atoms with Crippen LogP contribution in [-0.4, -0.2) is 13.0 Å². The number of nitrogens with two attached hydrogens (primary N) is 1. The van der Waals surface area contributed by atoms with E-state index in [1.165, 1.54) is 0 Å². The third-order valence-corrected chi connectivity index (χ3v) is 2.99. The van der Waals surface area contributed by atoms with Crippen molar-refractivity contribution in [2.24, 2.45) is 5.73 Å². The van der Waals surface area contributed by atoms with Gasteiger partial charge in [0.1, 0.15) is 6.04 Å². The largest absolute Gasteiger partial charge is 0.380 e. The monoisotopic (exact) mass is 270 g/mol. The summed E-state index contributed by atoms with van der Waals surface area (Å²) in [7, 11) is 1.65. The van der Waals surface area contributed by atoms with Gasteiger partial charge in [0.2, 0.25) is 5.91 Å². The van der Waals surface area contributed by atoms with Gasteiger partial charge >= 0.3 is 0 Å². The van der Waals surface area contributed by atoms with Crippen LogP contribution < -0.4 is 11.1 Å². The van der Waals surface area contributed by atoms with Gasteiger partial charge in [0.25, 0.3) is 0 Å². The Hall–Kier alpha value is -2.33. The average molecular weight is 270 g/mol. The van der Waals surface area contributed by atoms with Crippen LogP contribution in [0, 0.1) is 0 Å². The van der Waals surface area contributed by atoms with E-state index in [4.69, 9.17) is 10.5 Å². The van der Waals surface area contributed by atoms with Crippen molar-refractivity contribution in [3.63, 3.8) is 0 Å². The average Bonchev–Trinajstić information content (AvgIpc) is 2.47. The van der Waals surface area contributed by atoms with Gasteiger partial charge in [0.05, 0.1) is 6.61 Å². The lowest BCUT2D eigenvalue weighted by Crippen LogP contribution is -2.27. The van der Waals surface area contributed by atoms with E-state index in [1.807, 2.05) is 54.6 Å². The van der Waals surface area contributed by atoms with Crippen LogP contribution in [0.2, 0.25) is 0 Å². The van der Waals surface area contributed by atoms with E-state index in [2.05, 4.69) is 5.32 Å². The predicted octanol–water partition coefficient (Wildman–Crippen LogP) is 2.47. The van der Waals surface area contributed by atoms with Crippen LogP contribution in [0.15, 0.2) is 54.6 Å². The molecule has 0 fully saturated rings. The molecule has 104 valence electrons. The number of anilines is 1. The maximum Gasteiger partial charge on any atom is 0.244 e. The van der Waals surface area contributed by atoms with Gasteiger partial charge in [-0.3, -0.25) is 4.79 Å². The van der Waals surface area contributed by atoms with Crippen LogP contribution in [0.5, 0.6) is 0 Å². The number of primary amides is 1. The van der Waals surface area contributed by atoms with Crippen molar-refractivity contribution in [1.29, 1.82) is 0 Å². The number of rotatable bonds is 6. The molecular weight excluding hydrogens is 252 g/mol. The van der Waals surface area contributed by atoms with Gasteiger partial charge in [-0.05, 0) is 23.3 Å². The lowest BCUT2D eigenvalue weighted by atomic mass is 10.0. The van der Waals surface area contributed by atoms with Crippen molar-refractivity contribution in [2.75, 3.05) is 12.4 Å². The Morgan fingerprint density at radius 3 is 2.35 bits per heavy atom. The first-order chi connectivity index (χ1) is 9.70. The summed E-state index contributed by atoms with van der Waals surface area (Å²) in [6, 6.07) is 16.6. The molecule has 20 heavy (non-hydrogen) atoms. The zero-order valence-electron chi connectivity index (χ0n) is 11.4. The van der Waals surface area contributed by atoms with Crippen molar-refractivity contribution < 1.29 is 9.53 Å². The van der Waals surface area contributed by atoms with Crippen LogP contribution in [0.25, 0.3) is 0 Å². The van der Waals surface area contributed by atoms with Crippen molar-refractivity contribution in [3.8, 4) is 0 Å². The fourth-order valence-corrected chi connectivity index (χ4v) is 1.99. The van der Waals surface area contributed by atoms with Gasteiger partial charge in [0.15, 0.2) is 0 Å². The Morgan fingerprint density at radius 2 is 1.80 bits per heavy atom. The molecule has 1 unspecified atom stereocenters. The number of ether oxygens (including phenoxy) is 1. The third kappa shape index (κ3) is 3.59. The minimum atomic E-state index is -0.547. The standard InChI is InChI=1S/C16H18N2O2/c1-20-11-12-7-9-13(10-8-12)15(16(17)19)18-14-5-3-2-4-6-14/h2-10,15,18H,11H2,1H3,(H2,17,19). The highest BCUT2D eigenvalue weighted by Crippen LogP contribution is 2.20. The van der Waals surface area contributed by atoms with E-state index in [-0.39, 0.29) is 0 Å². The fraction of sp³-hybridized carbons (Fsp3) is 0.188. The molecule has 0 bridgehead atoms. The summed E-state index contributed by atoms with van der Waals surface area (Å²) in [5.41, 5.74) is 8.24. The van der Waals surface area contributed by atoms with E-state index in [1.54, 1.807) is 7.11 Å². The minimum Gasteiger partial charge on any atom is -0.380 e. The van der Waals surface area contributed by atoms with Gasteiger partial charge in [0, 0.05) is 12.8 Å². The van der Waals surface area contributed by atoms with Crippen molar-refractivity contribution >= 4 is 11.6 Å². The number of amides is 1. The molecule has 2 rings (SSSR count). The van der Waals surface area contributed by atoms with E-state index in [0.717, 1.165) is 16.8 Å². The van der Waals surface area contributed by atoms with Crippen molar-refractivity contribution in [3.05, 3.63) is 65.7 Å². The fourth-order valence-electron chi connectivity index (χ4n) is 1.99. The van der Waals surface area contributed by atoms with E-state index in [9.17, 15) is 4.79 Å². The summed E-state index contributed by atoms with van der Waals surface area (Å²) in [6.07, 6.45) is 0. The molecule has 0 aromatic heterocycles. The summed E-state index contributed by atoms with van der Waals surface area (Å²) < 4.78 is 5.06. The maximum atomic E-state index is 11.6. The number of para-hydroxylation sites is 1. The van der Waals surface area contributed by atoms with Gasteiger partial charge in [-0.1, -0.05) is 42.5 Å². The molecule has 1 amide bonds. The van der Waals surface area contributed by atoms with Crippen LogP contribution in [-0.2, 0) is 16.1 Å². The first-order valence-electron chi connectivity index (χ1n) is 6.39. The van der Waals surface area contributed by atoms with E-state index >= 15 is 0 Å². The Balaban J connectivity index is 2.18. The molecule has 0 saturated carbocycles. The van der Waals surface area contributed by atoms with Crippen LogP contribution in [0.4, 0.5) is 5.69 Å². The molecule has 4 nitrogen and oxygen atoms in total. The molecule has 0 saturated heterocycles. The van der Waals surface area contributed by atoms with Crippen molar-refractivity contribution in [1.82, 2.24) is 0 Å². The van der Waals surface area contributed by atoms with Crippen LogP contribution >= 0.6 is 0 Å². The second kappa shape index (κ2) is 6.73. The summed E-state index contributed by atoms with van der Waals surface area (Å²) in [5.74, 6) is -0.409. The van der Waals surface area contributed by atoms with Crippen molar-refractivity contribution in [2.45, 2.75) is 12.6 Å². The molecule has 0 aliphatic carbocycles. The number of hydrogen-bond donors (Lipinski definition) is 2. The molecule has 3 N–H and O–H groups in total. The van der Waals surface area contributed by atoms with Crippen LogP contribution in [0.3, 0.4) is 0 Å². The summed E-state index contributed by atoms with van der Waals surface area (Å²) in [5, 5.41) is 3.14. The zero-order valence-corrected chi connectivity index (χ0v) is 11.4. The first kappa shape index (κ1) is 14.1. The highest BCUT2D eigenvalue weighted by atomic mass is 16.5. The lowest BCUT2D eigenvalue weighted by Gasteiger charge is -2.17. The molecule has 2 aromatic rings. The summed E-state index contributed by atoms with van der Waals surface area (Å²) in [4.78, 5) is 11.6. The van der Waals surface area contributed by atoms with Gasteiger partial charge in [-0.15, -0.1) is 0 Å². The van der Waals surface area contributed by atoms with E-state index < -0.39 is 11.9 Å². The molecular formula is C16H18N2O2. The Kier molecular flexibility index (Phi) is 4.74. The van der Waals surface area contributed by atoms with Crippen LogP contribution in [0.1, 0.15) is 17.2 Å². The lowest BCUT2D eigenvalue weighted by molar-refractivity contribution is -0.118. The maximum absolute atomic E-state index is 11.6. The second-order valence-electron chi connectivity index (χ2n) is 4.52. The normalized spacial score (nSPS) is 11.8. The molecule has 4 heteroatoms. The first-order valence-corrected chi connectivity index (χ1v) is 6.39. The number of benzene rings is 2. The molecule has 0 aliphatic rings. The molecule has 1 atom stereocenters. The number of carbonyl (C=O) groups excluding carboxylic acids is 1. The predicted molar refractivity (Wildman–Crippen MR) is 79.2 cm³/mol. The SMILES string of the molecule is COCc1ccc(C(Nc2ccccc2)C(N)=O)cc1. The Bertz CT molecular complexity index is 552. The summed E-state index contributed by atoms with van der Waals surface area (Å²) in [6.45, 7) is 0.549. The Morgan fingerprint density at radius 1 is 1.15 bits per heavy atom. The minimum absolute atomic E-state index is 0.409. The third-order valence-electron chi connectivity index (χ3n) is 2.99.